The number of aromatic nitrogens is 4. The van der Waals surface area contributed by atoms with E-state index in [9.17, 15) is 9.59 Å². The van der Waals surface area contributed by atoms with Crippen LogP contribution in [0.3, 0.4) is 0 Å². The van der Waals surface area contributed by atoms with Crippen LogP contribution in [0.15, 0.2) is 65.5 Å². The van der Waals surface area contributed by atoms with Gasteiger partial charge in [-0.1, -0.05) is 60.7 Å². The van der Waals surface area contributed by atoms with Gasteiger partial charge in [-0.15, -0.1) is 5.10 Å². The van der Waals surface area contributed by atoms with E-state index in [-0.39, 0.29) is 17.9 Å². The Labute approximate surface area is 167 Å². The number of aryl methyl sites for hydroxylation is 1. The molecule has 146 valence electrons. The van der Waals surface area contributed by atoms with Crippen LogP contribution in [-0.2, 0) is 24.8 Å². The molecule has 2 aromatic carbocycles. The highest BCUT2D eigenvalue weighted by molar-refractivity contribution is 5.78. The molecule has 1 amide bonds. The molecular weight excluding hydrogens is 366 g/mol. The van der Waals surface area contributed by atoms with Crippen LogP contribution in [0.25, 0.3) is 17.2 Å². The normalized spacial score (nSPS) is 11.0. The van der Waals surface area contributed by atoms with Gasteiger partial charge in [0.25, 0.3) is 5.56 Å². The quantitative estimate of drug-likeness (QED) is 0.570. The van der Waals surface area contributed by atoms with Crippen LogP contribution in [0.5, 0.6) is 0 Å². The molecule has 0 saturated carbocycles. The van der Waals surface area contributed by atoms with Gasteiger partial charge in [-0.05, 0) is 12.5 Å². The fraction of sp³-hybridized carbons (Fsp3) is 0.182. The lowest BCUT2D eigenvalue weighted by Gasteiger charge is -2.11. The predicted octanol–water partition coefficient (Wildman–Crippen LogP) is 2.26. The van der Waals surface area contributed by atoms with Crippen molar-refractivity contribution in [2.45, 2.75) is 19.9 Å². The first kappa shape index (κ1) is 18.6. The van der Waals surface area contributed by atoms with Crippen molar-refractivity contribution in [2.75, 3.05) is 0 Å². The fourth-order valence-electron chi connectivity index (χ4n) is 3.22. The number of nitrogens with zero attached hydrogens (tertiary/aromatic N) is 4. The molecule has 0 fully saturated rings. The van der Waals surface area contributed by atoms with Gasteiger partial charge >= 0.3 is 0 Å². The van der Waals surface area contributed by atoms with Crippen molar-refractivity contribution in [3.05, 3.63) is 87.8 Å². The van der Waals surface area contributed by atoms with Gasteiger partial charge in [0.1, 0.15) is 0 Å². The zero-order valence-corrected chi connectivity index (χ0v) is 16.3. The Bertz CT molecular complexity index is 1230. The maximum absolute atomic E-state index is 13.0. The zero-order valence-electron chi connectivity index (χ0n) is 16.3. The lowest BCUT2D eigenvalue weighted by atomic mass is 10.1. The Kier molecular flexibility index (Phi) is 4.95. The molecule has 0 saturated heterocycles. The summed E-state index contributed by atoms with van der Waals surface area (Å²) in [5.41, 5.74) is 2.62. The molecule has 0 radical (unpaired) electrons. The fourth-order valence-corrected chi connectivity index (χ4v) is 3.22. The topological polar surface area (TPSA) is 81.3 Å². The first-order chi connectivity index (χ1) is 14.0. The minimum Gasteiger partial charge on any atom is -0.352 e. The van der Waals surface area contributed by atoms with E-state index in [0.717, 1.165) is 11.1 Å². The number of rotatable bonds is 5. The second kappa shape index (κ2) is 7.71. The minimum atomic E-state index is -0.319. The van der Waals surface area contributed by atoms with Gasteiger partial charge in [0.15, 0.2) is 5.82 Å². The number of carbonyl (C=O) groups is 1. The monoisotopic (exact) mass is 387 g/mol. The van der Waals surface area contributed by atoms with Crippen molar-refractivity contribution in [3.63, 3.8) is 0 Å². The lowest BCUT2D eigenvalue weighted by molar-refractivity contribution is -0.120. The van der Waals surface area contributed by atoms with Gasteiger partial charge in [-0.3, -0.25) is 9.59 Å². The van der Waals surface area contributed by atoms with Gasteiger partial charge in [0, 0.05) is 30.4 Å². The Morgan fingerprint density at radius 2 is 1.69 bits per heavy atom. The number of hydrogen-bond acceptors (Lipinski definition) is 4. The third-order valence-corrected chi connectivity index (χ3v) is 4.98. The predicted molar refractivity (Wildman–Crippen MR) is 110 cm³/mol. The van der Waals surface area contributed by atoms with Crippen LogP contribution in [0.4, 0.5) is 0 Å². The SMILES string of the molecule is Cc1c(CC(=O)NCc2ccccc2)c(=O)n2nc(-c3ccccc3)nc2n1C. The summed E-state index contributed by atoms with van der Waals surface area (Å²) in [7, 11) is 1.82. The minimum absolute atomic E-state index is 0.0121. The Hall–Kier alpha value is -3.74. The molecular formula is C22H21N5O2. The van der Waals surface area contributed by atoms with Gasteiger partial charge in [-0.2, -0.15) is 9.50 Å². The summed E-state index contributed by atoms with van der Waals surface area (Å²) in [4.78, 5) is 30.0. The summed E-state index contributed by atoms with van der Waals surface area (Å²) in [6.07, 6.45) is -0.0121. The smallest absolute Gasteiger partial charge is 0.279 e. The molecule has 0 spiro atoms. The van der Waals surface area contributed by atoms with Gasteiger partial charge in [0.05, 0.1) is 6.42 Å². The third-order valence-electron chi connectivity index (χ3n) is 4.98. The molecule has 29 heavy (non-hydrogen) atoms. The molecule has 0 aliphatic rings. The molecule has 0 aliphatic heterocycles. The lowest BCUT2D eigenvalue weighted by Crippen LogP contribution is -2.31. The van der Waals surface area contributed by atoms with Gasteiger partial charge in [0.2, 0.25) is 11.7 Å². The molecule has 1 N–H and O–H groups in total. The van der Waals surface area contributed by atoms with Crippen molar-refractivity contribution in [2.24, 2.45) is 7.05 Å². The second-order valence-corrected chi connectivity index (χ2v) is 6.88. The molecule has 2 heterocycles. The van der Waals surface area contributed by atoms with Crippen LogP contribution in [0, 0.1) is 6.92 Å². The van der Waals surface area contributed by atoms with Crippen molar-refractivity contribution in [1.82, 2.24) is 24.5 Å². The molecule has 0 aliphatic carbocycles. The third kappa shape index (κ3) is 3.67. The summed E-state index contributed by atoms with van der Waals surface area (Å²) in [5.74, 6) is 0.708. The molecule has 7 nitrogen and oxygen atoms in total. The number of benzene rings is 2. The summed E-state index contributed by atoms with van der Waals surface area (Å²) < 4.78 is 3.07. The highest BCUT2D eigenvalue weighted by Gasteiger charge is 2.18. The number of nitrogens with one attached hydrogen (secondary N) is 1. The molecule has 0 atom stereocenters. The van der Waals surface area contributed by atoms with E-state index in [1.54, 1.807) is 4.57 Å². The summed E-state index contributed by atoms with van der Waals surface area (Å²) in [6.45, 7) is 2.24. The molecule has 4 aromatic rings. The van der Waals surface area contributed by atoms with Crippen LogP contribution in [0.1, 0.15) is 16.8 Å². The van der Waals surface area contributed by atoms with Crippen LogP contribution < -0.4 is 10.9 Å². The number of amides is 1. The van der Waals surface area contributed by atoms with E-state index in [2.05, 4.69) is 15.4 Å². The Balaban J connectivity index is 1.64. The van der Waals surface area contributed by atoms with Crippen LogP contribution in [0.2, 0.25) is 0 Å². The van der Waals surface area contributed by atoms with Crippen LogP contribution in [-0.4, -0.2) is 25.1 Å². The Morgan fingerprint density at radius 3 is 2.38 bits per heavy atom. The van der Waals surface area contributed by atoms with E-state index < -0.39 is 0 Å². The summed E-state index contributed by atoms with van der Waals surface area (Å²) in [6, 6.07) is 19.1. The van der Waals surface area contributed by atoms with Crippen molar-refractivity contribution in [3.8, 4) is 11.4 Å². The molecule has 4 rings (SSSR count). The van der Waals surface area contributed by atoms with Crippen molar-refractivity contribution >= 4 is 11.7 Å². The number of hydrogen-bond donors (Lipinski definition) is 1. The van der Waals surface area contributed by atoms with E-state index in [0.29, 0.717) is 29.4 Å². The number of carbonyl (C=O) groups excluding carboxylic acids is 1. The average Bonchev–Trinajstić information content (AvgIpc) is 3.21. The largest absolute Gasteiger partial charge is 0.352 e. The second-order valence-electron chi connectivity index (χ2n) is 6.88. The Morgan fingerprint density at radius 1 is 1.03 bits per heavy atom. The maximum Gasteiger partial charge on any atom is 0.279 e. The molecule has 7 heteroatoms. The number of fused-ring (bicyclic) bond motifs is 1. The average molecular weight is 387 g/mol. The first-order valence-electron chi connectivity index (χ1n) is 9.36. The molecule has 0 bridgehead atoms. The highest BCUT2D eigenvalue weighted by atomic mass is 16.2. The van der Waals surface area contributed by atoms with Crippen LogP contribution >= 0.6 is 0 Å². The zero-order chi connectivity index (χ0) is 20.4. The standard InChI is InChI=1S/C22H21N5O2/c1-15-18(13-19(28)23-14-16-9-5-3-6-10-16)21(29)27-22(26(15)2)24-20(25-27)17-11-7-4-8-12-17/h3-12H,13-14H2,1-2H3,(H,23,28). The van der Waals surface area contributed by atoms with Gasteiger partial charge < -0.3 is 9.88 Å². The van der Waals surface area contributed by atoms with Crippen molar-refractivity contribution in [1.29, 1.82) is 0 Å². The highest BCUT2D eigenvalue weighted by Crippen LogP contribution is 2.16. The summed E-state index contributed by atoms with van der Waals surface area (Å²) >= 11 is 0. The van der Waals surface area contributed by atoms with E-state index in [1.165, 1.54) is 4.52 Å². The maximum atomic E-state index is 13.0. The molecule has 0 unspecified atom stereocenters. The summed E-state index contributed by atoms with van der Waals surface area (Å²) in [5, 5.41) is 7.25. The van der Waals surface area contributed by atoms with E-state index in [4.69, 9.17) is 0 Å². The molecule has 2 aromatic heterocycles. The van der Waals surface area contributed by atoms with Crippen molar-refractivity contribution < 1.29 is 4.79 Å². The van der Waals surface area contributed by atoms with E-state index >= 15 is 0 Å². The van der Waals surface area contributed by atoms with Gasteiger partial charge in [-0.25, -0.2) is 0 Å². The first-order valence-corrected chi connectivity index (χ1v) is 9.36. The van der Waals surface area contributed by atoms with E-state index in [1.807, 2.05) is 74.6 Å².